The lowest BCUT2D eigenvalue weighted by atomic mass is 10.0. The van der Waals surface area contributed by atoms with E-state index < -0.39 is 0 Å². The maximum absolute atomic E-state index is 12.1. The van der Waals surface area contributed by atoms with Crippen molar-refractivity contribution in [3.8, 4) is 11.8 Å². The van der Waals surface area contributed by atoms with E-state index >= 15 is 0 Å². The van der Waals surface area contributed by atoms with E-state index in [1.807, 2.05) is 0 Å². The molecule has 4 nitrogen and oxygen atoms in total. The lowest BCUT2D eigenvalue weighted by Gasteiger charge is -2.14. The minimum Gasteiger partial charge on any atom is -0.384 e. The summed E-state index contributed by atoms with van der Waals surface area (Å²) in [4.78, 5) is 16.2. The Morgan fingerprint density at radius 3 is 2.90 bits per heavy atom. The minimum absolute atomic E-state index is 0.0860. The number of aliphatic hydroxyl groups is 1. The Morgan fingerprint density at radius 1 is 1.45 bits per heavy atom. The number of pyridine rings is 1. The molecule has 0 unspecified atom stereocenters. The van der Waals surface area contributed by atoms with Crippen molar-refractivity contribution in [3.63, 3.8) is 0 Å². The zero-order valence-corrected chi connectivity index (χ0v) is 11.4. The second kappa shape index (κ2) is 5.26. The Labute approximate surface area is 118 Å². The summed E-state index contributed by atoms with van der Waals surface area (Å²) in [6, 6.07) is 1.71. The SMILES string of the molecule is O=C(NCC1(C2CC2)CC1)c1cncc(C#CCO)c1. The monoisotopic (exact) mass is 270 g/mol. The van der Waals surface area contributed by atoms with Crippen LogP contribution in [0.5, 0.6) is 0 Å². The topological polar surface area (TPSA) is 62.2 Å². The van der Waals surface area contributed by atoms with Crippen LogP contribution < -0.4 is 5.32 Å². The molecule has 0 aliphatic heterocycles. The molecular weight excluding hydrogens is 252 g/mol. The van der Waals surface area contributed by atoms with Crippen LogP contribution in [0.25, 0.3) is 0 Å². The summed E-state index contributed by atoms with van der Waals surface area (Å²) in [6.07, 6.45) is 8.28. The molecule has 104 valence electrons. The number of rotatable bonds is 4. The van der Waals surface area contributed by atoms with E-state index in [4.69, 9.17) is 5.11 Å². The first-order chi connectivity index (χ1) is 9.73. The molecule has 1 aromatic rings. The van der Waals surface area contributed by atoms with E-state index in [1.165, 1.54) is 25.7 Å². The molecule has 0 aromatic carbocycles. The fourth-order valence-corrected chi connectivity index (χ4v) is 2.72. The first-order valence-corrected chi connectivity index (χ1v) is 7.06. The zero-order valence-electron chi connectivity index (χ0n) is 11.4. The predicted molar refractivity (Wildman–Crippen MR) is 74.9 cm³/mol. The molecule has 0 saturated heterocycles. The lowest BCUT2D eigenvalue weighted by Crippen LogP contribution is -2.31. The molecule has 1 aromatic heterocycles. The van der Waals surface area contributed by atoms with Crippen molar-refractivity contribution in [2.75, 3.05) is 13.2 Å². The number of amides is 1. The van der Waals surface area contributed by atoms with Gasteiger partial charge in [-0.2, -0.15) is 0 Å². The molecule has 2 aliphatic carbocycles. The summed E-state index contributed by atoms with van der Waals surface area (Å²) in [6.45, 7) is 0.587. The number of carbonyl (C=O) groups is 1. The molecule has 3 rings (SSSR count). The van der Waals surface area contributed by atoms with Gasteiger partial charge in [-0.05, 0) is 43.1 Å². The van der Waals surface area contributed by atoms with Crippen LogP contribution in [0, 0.1) is 23.2 Å². The molecule has 1 amide bonds. The van der Waals surface area contributed by atoms with Crippen LogP contribution in [0.3, 0.4) is 0 Å². The largest absolute Gasteiger partial charge is 0.384 e. The number of aliphatic hydroxyl groups excluding tert-OH is 1. The number of aromatic nitrogens is 1. The van der Waals surface area contributed by atoms with Gasteiger partial charge in [-0.3, -0.25) is 9.78 Å². The molecule has 2 fully saturated rings. The van der Waals surface area contributed by atoms with Gasteiger partial charge in [-0.15, -0.1) is 0 Å². The summed E-state index contributed by atoms with van der Waals surface area (Å²) in [7, 11) is 0. The maximum atomic E-state index is 12.1. The highest BCUT2D eigenvalue weighted by atomic mass is 16.2. The number of nitrogens with one attached hydrogen (secondary N) is 1. The van der Waals surface area contributed by atoms with Crippen LogP contribution in [-0.4, -0.2) is 29.1 Å². The van der Waals surface area contributed by atoms with Crippen molar-refractivity contribution in [2.45, 2.75) is 25.7 Å². The highest BCUT2D eigenvalue weighted by Gasteiger charge is 2.53. The zero-order chi connectivity index (χ0) is 14.0. The quantitative estimate of drug-likeness (QED) is 0.812. The number of nitrogens with zero attached hydrogens (tertiary/aromatic N) is 1. The first-order valence-electron chi connectivity index (χ1n) is 7.06. The molecule has 0 bridgehead atoms. The molecule has 0 spiro atoms. The summed E-state index contributed by atoms with van der Waals surface area (Å²) in [5, 5.41) is 11.7. The van der Waals surface area contributed by atoms with Crippen LogP contribution in [0.1, 0.15) is 41.6 Å². The van der Waals surface area contributed by atoms with Crippen molar-refractivity contribution < 1.29 is 9.90 Å². The fraction of sp³-hybridized carbons (Fsp3) is 0.500. The molecule has 2 aliphatic rings. The van der Waals surface area contributed by atoms with Crippen LogP contribution in [-0.2, 0) is 0 Å². The van der Waals surface area contributed by atoms with Gasteiger partial charge in [0.25, 0.3) is 5.91 Å². The van der Waals surface area contributed by atoms with E-state index in [-0.39, 0.29) is 12.5 Å². The Kier molecular flexibility index (Phi) is 3.45. The summed E-state index contributed by atoms with van der Waals surface area (Å²) in [5.74, 6) is 6.06. The van der Waals surface area contributed by atoms with Gasteiger partial charge >= 0.3 is 0 Å². The minimum atomic E-state index is -0.194. The third kappa shape index (κ3) is 2.83. The Bertz CT molecular complexity index is 578. The molecule has 0 radical (unpaired) electrons. The van der Waals surface area contributed by atoms with E-state index in [0.717, 1.165) is 12.5 Å². The first kappa shape index (κ1) is 13.1. The molecule has 1 heterocycles. The van der Waals surface area contributed by atoms with E-state index in [0.29, 0.717) is 16.5 Å². The van der Waals surface area contributed by atoms with E-state index in [9.17, 15) is 4.79 Å². The van der Waals surface area contributed by atoms with Crippen LogP contribution in [0.4, 0.5) is 0 Å². The van der Waals surface area contributed by atoms with Crippen molar-refractivity contribution in [2.24, 2.45) is 11.3 Å². The van der Waals surface area contributed by atoms with Gasteiger partial charge in [-0.1, -0.05) is 11.8 Å². The second-order valence-corrected chi connectivity index (χ2v) is 5.74. The predicted octanol–water partition coefficient (Wildman–Crippen LogP) is 1.35. The van der Waals surface area contributed by atoms with Gasteiger partial charge in [0.15, 0.2) is 0 Å². The third-order valence-corrected chi connectivity index (χ3v) is 4.25. The average Bonchev–Trinajstić information content (AvgIpc) is 3.35. The summed E-state index contributed by atoms with van der Waals surface area (Å²) >= 11 is 0. The summed E-state index contributed by atoms with van der Waals surface area (Å²) < 4.78 is 0. The Hall–Kier alpha value is -1.86. The van der Waals surface area contributed by atoms with Crippen molar-refractivity contribution in [3.05, 3.63) is 29.6 Å². The van der Waals surface area contributed by atoms with Gasteiger partial charge in [0.1, 0.15) is 6.61 Å². The van der Waals surface area contributed by atoms with Gasteiger partial charge in [0.2, 0.25) is 0 Å². The molecule has 0 atom stereocenters. The molecular formula is C16H18N2O2. The Morgan fingerprint density at radius 2 is 2.25 bits per heavy atom. The molecule has 4 heteroatoms. The van der Waals surface area contributed by atoms with Gasteiger partial charge in [0, 0.05) is 24.5 Å². The van der Waals surface area contributed by atoms with Crippen molar-refractivity contribution >= 4 is 5.91 Å². The smallest absolute Gasteiger partial charge is 0.252 e. The number of hydrogen-bond donors (Lipinski definition) is 2. The van der Waals surface area contributed by atoms with E-state index in [1.54, 1.807) is 18.5 Å². The van der Waals surface area contributed by atoms with Crippen LogP contribution in [0.15, 0.2) is 18.5 Å². The fourth-order valence-electron chi connectivity index (χ4n) is 2.72. The third-order valence-electron chi connectivity index (χ3n) is 4.25. The number of carbonyl (C=O) groups excluding carboxylic acids is 1. The molecule has 20 heavy (non-hydrogen) atoms. The van der Waals surface area contributed by atoms with Crippen molar-refractivity contribution in [1.82, 2.24) is 10.3 Å². The van der Waals surface area contributed by atoms with Crippen LogP contribution >= 0.6 is 0 Å². The van der Waals surface area contributed by atoms with Gasteiger partial charge < -0.3 is 10.4 Å². The summed E-state index contributed by atoms with van der Waals surface area (Å²) in [5.41, 5.74) is 1.58. The van der Waals surface area contributed by atoms with Gasteiger partial charge in [0.05, 0.1) is 5.56 Å². The Balaban J connectivity index is 1.62. The molecule has 2 N–H and O–H groups in total. The van der Waals surface area contributed by atoms with Gasteiger partial charge in [-0.25, -0.2) is 0 Å². The standard InChI is InChI=1S/C16H18N2O2/c19-7-1-2-12-8-13(10-17-9-12)15(20)18-11-16(5-6-16)14-3-4-14/h8-10,14,19H,3-7,11H2,(H,18,20). The maximum Gasteiger partial charge on any atom is 0.252 e. The second-order valence-electron chi connectivity index (χ2n) is 5.74. The average molecular weight is 270 g/mol. The number of hydrogen-bond acceptors (Lipinski definition) is 3. The highest BCUT2D eigenvalue weighted by molar-refractivity contribution is 5.94. The lowest BCUT2D eigenvalue weighted by molar-refractivity contribution is 0.0942. The van der Waals surface area contributed by atoms with Crippen molar-refractivity contribution in [1.29, 1.82) is 0 Å². The van der Waals surface area contributed by atoms with E-state index in [2.05, 4.69) is 22.1 Å². The normalized spacial score (nSPS) is 18.9. The molecule has 2 saturated carbocycles. The van der Waals surface area contributed by atoms with Crippen LogP contribution in [0.2, 0.25) is 0 Å². The highest BCUT2D eigenvalue weighted by Crippen LogP contribution is 2.60.